The fourth-order valence-corrected chi connectivity index (χ4v) is 3.54. The number of fused-ring (bicyclic) bond motifs is 1. The predicted molar refractivity (Wildman–Crippen MR) is 99.2 cm³/mol. The molecule has 1 aromatic carbocycles. The van der Waals surface area contributed by atoms with Crippen LogP contribution >= 0.6 is 11.3 Å². The normalized spacial score (nSPS) is 10.9. The van der Waals surface area contributed by atoms with Crippen LogP contribution in [0.4, 0.5) is 5.82 Å². The van der Waals surface area contributed by atoms with E-state index < -0.39 is 0 Å². The van der Waals surface area contributed by atoms with Gasteiger partial charge in [-0.05, 0) is 35.6 Å². The fraction of sp³-hybridized carbons (Fsp3) is 0.105. The highest BCUT2D eigenvalue weighted by Crippen LogP contribution is 2.31. The number of nitrogens with zero attached hydrogens (tertiary/aromatic N) is 3. The lowest BCUT2D eigenvalue weighted by atomic mass is 10.2. The van der Waals surface area contributed by atoms with Gasteiger partial charge in [-0.25, -0.2) is 9.97 Å². The molecule has 4 aromatic rings. The van der Waals surface area contributed by atoms with Gasteiger partial charge in [-0.3, -0.25) is 4.98 Å². The monoisotopic (exact) mass is 332 g/mol. The molecule has 0 bridgehead atoms. The van der Waals surface area contributed by atoms with Gasteiger partial charge in [0.2, 0.25) is 0 Å². The second-order valence-corrected chi connectivity index (χ2v) is 6.43. The average Bonchev–Trinajstić information content (AvgIpc) is 3.02. The fourth-order valence-electron chi connectivity index (χ4n) is 2.62. The van der Waals surface area contributed by atoms with E-state index in [1.807, 2.05) is 30.3 Å². The molecule has 0 fully saturated rings. The van der Waals surface area contributed by atoms with E-state index in [0.29, 0.717) is 5.82 Å². The van der Waals surface area contributed by atoms with E-state index in [-0.39, 0.29) is 0 Å². The first kappa shape index (κ1) is 14.8. The molecule has 24 heavy (non-hydrogen) atoms. The van der Waals surface area contributed by atoms with Crippen molar-refractivity contribution >= 4 is 27.4 Å². The summed E-state index contributed by atoms with van der Waals surface area (Å²) in [5.41, 5.74) is 3.34. The maximum atomic E-state index is 4.76. The Morgan fingerprint density at radius 2 is 1.92 bits per heavy atom. The maximum Gasteiger partial charge on any atom is 0.164 e. The van der Waals surface area contributed by atoms with Crippen LogP contribution in [0.25, 0.3) is 21.6 Å². The Kier molecular flexibility index (Phi) is 3.92. The van der Waals surface area contributed by atoms with Crippen LogP contribution in [0.1, 0.15) is 11.1 Å². The highest BCUT2D eigenvalue weighted by molar-refractivity contribution is 7.17. The summed E-state index contributed by atoms with van der Waals surface area (Å²) in [6.45, 7) is 2.83. The highest BCUT2D eigenvalue weighted by Gasteiger charge is 2.13. The first-order valence-electron chi connectivity index (χ1n) is 7.75. The van der Waals surface area contributed by atoms with E-state index in [9.17, 15) is 0 Å². The van der Waals surface area contributed by atoms with Gasteiger partial charge in [0.15, 0.2) is 5.82 Å². The van der Waals surface area contributed by atoms with Crippen molar-refractivity contribution in [2.75, 3.05) is 5.32 Å². The molecule has 0 aliphatic carbocycles. The number of aromatic nitrogens is 3. The van der Waals surface area contributed by atoms with Crippen LogP contribution in [0.15, 0.2) is 60.2 Å². The van der Waals surface area contributed by atoms with Crippen molar-refractivity contribution in [3.8, 4) is 11.4 Å². The van der Waals surface area contributed by atoms with Crippen molar-refractivity contribution in [3.05, 3.63) is 71.4 Å². The summed E-state index contributed by atoms with van der Waals surface area (Å²) in [7, 11) is 0. The molecule has 0 amide bonds. The largest absolute Gasteiger partial charge is 0.365 e. The van der Waals surface area contributed by atoms with Gasteiger partial charge in [0.05, 0.1) is 5.39 Å². The number of rotatable bonds is 4. The third-order valence-corrected chi connectivity index (χ3v) is 4.83. The van der Waals surface area contributed by atoms with Crippen molar-refractivity contribution in [3.63, 3.8) is 0 Å². The Balaban J connectivity index is 1.76. The number of hydrogen-bond acceptors (Lipinski definition) is 5. The van der Waals surface area contributed by atoms with E-state index in [4.69, 9.17) is 9.97 Å². The molecule has 0 radical (unpaired) electrons. The predicted octanol–water partition coefficient (Wildman–Crippen LogP) is 4.67. The van der Waals surface area contributed by atoms with Gasteiger partial charge < -0.3 is 5.32 Å². The minimum atomic E-state index is 0.702. The Morgan fingerprint density at radius 3 is 2.71 bits per heavy atom. The van der Waals surface area contributed by atoms with Gasteiger partial charge >= 0.3 is 0 Å². The van der Waals surface area contributed by atoms with Gasteiger partial charge in [0.1, 0.15) is 10.6 Å². The summed E-state index contributed by atoms with van der Waals surface area (Å²) < 4.78 is 0. The second-order valence-electron chi connectivity index (χ2n) is 5.58. The summed E-state index contributed by atoms with van der Waals surface area (Å²) in [5, 5.41) is 6.70. The lowest BCUT2D eigenvalue weighted by Gasteiger charge is -2.10. The molecule has 0 aliphatic rings. The number of thiophene rings is 1. The molecule has 5 heteroatoms. The number of hydrogen-bond donors (Lipinski definition) is 1. The molecule has 0 saturated heterocycles. The zero-order valence-electron chi connectivity index (χ0n) is 13.2. The third kappa shape index (κ3) is 2.86. The summed E-state index contributed by atoms with van der Waals surface area (Å²) >= 11 is 1.65. The Morgan fingerprint density at radius 1 is 1.04 bits per heavy atom. The van der Waals surface area contributed by atoms with Gasteiger partial charge in [0.25, 0.3) is 0 Å². The molecule has 3 aromatic heterocycles. The van der Waals surface area contributed by atoms with Crippen LogP contribution in [0.2, 0.25) is 0 Å². The zero-order chi connectivity index (χ0) is 16.4. The second kappa shape index (κ2) is 6.37. The molecule has 1 N–H and O–H groups in total. The van der Waals surface area contributed by atoms with E-state index in [0.717, 1.165) is 28.1 Å². The lowest BCUT2D eigenvalue weighted by Crippen LogP contribution is -2.04. The van der Waals surface area contributed by atoms with E-state index in [2.05, 4.69) is 34.7 Å². The molecule has 4 nitrogen and oxygen atoms in total. The molecule has 4 rings (SSSR count). The molecular formula is C19H16N4S. The number of nitrogens with one attached hydrogen (secondary N) is 1. The van der Waals surface area contributed by atoms with Gasteiger partial charge in [-0.15, -0.1) is 11.3 Å². The number of aryl methyl sites for hydroxylation is 1. The van der Waals surface area contributed by atoms with Crippen molar-refractivity contribution in [2.45, 2.75) is 13.5 Å². The Bertz CT molecular complexity index is 965. The van der Waals surface area contributed by atoms with Crippen LogP contribution in [0.3, 0.4) is 0 Å². The summed E-state index contributed by atoms with van der Waals surface area (Å²) in [5.74, 6) is 1.58. The summed E-state index contributed by atoms with van der Waals surface area (Å²) in [6.07, 6.45) is 3.55. The third-order valence-electron chi connectivity index (χ3n) is 3.84. The lowest BCUT2D eigenvalue weighted by molar-refractivity contribution is 1.10. The number of pyridine rings is 1. The van der Waals surface area contributed by atoms with Crippen molar-refractivity contribution in [1.29, 1.82) is 0 Å². The van der Waals surface area contributed by atoms with Crippen LogP contribution in [-0.4, -0.2) is 15.0 Å². The first-order chi connectivity index (χ1) is 11.8. The number of benzene rings is 1. The molecule has 0 unspecified atom stereocenters. The zero-order valence-corrected chi connectivity index (χ0v) is 14.0. The standard InChI is InChI=1S/C19H16N4S/c1-13-12-24-19-16(13)18(21-10-14-6-3-2-4-7-14)22-17(23-19)15-8-5-9-20-11-15/h2-9,11-12H,10H2,1H3,(H,21,22,23). The van der Waals surface area contributed by atoms with E-state index in [1.54, 1.807) is 23.7 Å². The summed E-state index contributed by atoms with van der Waals surface area (Å²) in [4.78, 5) is 14.6. The molecule has 118 valence electrons. The average molecular weight is 332 g/mol. The molecule has 0 aliphatic heterocycles. The van der Waals surface area contributed by atoms with Crippen LogP contribution in [-0.2, 0) is 6.54 Å². The number of anilines is 1. The maximum absolute atomic E-state index is 4.76. The smallest absolute Gasteiger partial charge is 0.164 e. The molecular weight excluding hydrogens is 316 g/mol. The molecule has 0 atom stereocenters. The topological polar surface area (TPSA) is 50.7 Å². The van der Waals surface area contributed by atoms with Crippen molar-refractivity contribution in [1.82, 2.24) is 15.0 Å². The summed E-state index contributed by atoms with van der Waals surface area (Å²) in [6, 6.07) is 14.2. The molecule has 0 saturated carbocycles. The quantitative estimate of drug-likeness (QED) is 0.590. The van der Waals surface area contributed by atoms with Crippen molar-refractivity contribution < 1.29 is 0 Å². The Hall–Kier alpha value is -2.79. The minimum absolute atomic E-state index is 0.702. The van der Waals surface area contributed by atoms with Crippen LogP contribution in [0, 0.1) is 6.92 Å². The Labute approximate surface area is 144 Å². The van der Waals surface area contributed by atoms with E-state index >= 15 is 0 Å². The van der Waals surface area contributed by atoms with E-state index in [1.165, 1.54) is 11.1 Å². The van der Waals surface area contributed by atoms with Crippen LogP contribution in [0.5, 0.6) is 0 Å². The molecule has 0 spiro atoms. The van der Waals surface area contributed by atoms with Gasteiger partial charge in [-0.1, -0.05) is 30.3 Å². The molecule has 3 heterocycles. The van der Waals surface area contributed by atoms with Gasteiger partial charge in [0, 0.05) is 24.5 Å². The van der Waals surface area contributed by atoms with Gasteiger partial charge in [-0.2, -0.15) is 0 Å². The van der Waals surface area contributed by atoms with Crippen molar-refractivity contribution in [2.24, 2.45) is 0 Å². The minimum Gasteiger partial charge on any atom is -0.365 e. The SMILES string of the molecule is Cc1csc2nc(-c3cccnc3)nc(NCc3ccccc3)c12. The van der Waals surface area contributed by atoms with Crippen LogP contribution < -0.4 is 5.32 Å². The first-order valence-corrected chi connectivity index (χ1v) is 8.63. The highest BCUT2D eigenvalue weighted by atomic mass is 32.1.